The molecule has 0 aromatic rings. The minimum atomic E-state index is -0.759. The zero-order chi connectivity index (χ0) is 32.8. The highest BCUT2D eigenvalue weighted by atomic mass is 16.7. The smallest absolute Gasteiger partial charge is 0.404 e. The highest BCUT2D eigenvalue weighted by molar-refractivity contribution is 6.47. The molecule has 5 rings (SSSR count). The SMILES string of the molecule is CC(C)C[C@H](NC(=O)[C@H](CCCN=C(N)N[N+](=O)[O-])CC(=O)CCCCC1CCCCC1)B1O[C@@H]2C[C@@H]3C[C@@H](C3(C)C)[C@]2(C)O1. The molecular weight excluding hydrogens is 573 g/mol. The molecule has 0 radical (unpaired) electrons. The van der Waals surface area contributed by atoms with Crippen molar-refractivity contribution in [2.75, 3.05) is 6.54 Å². The van der Waals surface area contributed by atoms with E-state index >= 15 is 0 Å². The molecule has 0 spiro atoms. The molecule has 45 heavy (non-hydrogen) atoms. The van der Waals surface area contributed by atoms with Gasteiger partial charge in [-0.15, -0.1) is 0 Å². The van der Waals surface area contributed by atoms with Crippen LogP contribution in [0.3, 0.4) is 0 Å². The number of nitro groups is 1. The summed E-state index contributed by atoms with van der Waals surface area (Å²) in [6, 6.07) is 0. The van der Waals surface area contributed by atoms with Gasteiger partial charge in [-0.25, -0.2) is 15.1 Å². The molecule has 0 aromatic heterocycles. The molecule has 1 saturated heterocycles. The van der Waals surface area contributed by atoms with Crippen molar-refractivity contribution in [1.82, 2.24) is 10.7 Å². The summed E-state index contributed by atoms with van der Waals surface area (Å²) >= 11 is 0. The van der Waals surface area contributed by atoms with Crippen molar-refractivity contribution >= 4 is 24.8 Å². The van der Waals surface area contributed by atoms with Gasteiger partial charge in [0.25, 0.3) is 5.96 Å². The van der Waals surface area contributed by atoms with E-state index in [0.29, 0.717) is 43.4 Å². The summed E-state index contributed by atoms with van der Waals surface area (Å²) in [5.74, 6) is 0.956. The fraction of sp³-hybridized carbons (Fsp3) is 0.909. The van der Waals surface area contributed by atoms with Crippen molar-refractivity contribution < 1.29 is 23.9 Å². The Labute approximate surface area is 270 Å². The molecule has 12 heteroatoms. The third-order valence-corrected chi connectivity index (χ3v) is 11.4. The van der Waals surface area contributed by atoms with Gasteiger partial charge in [-0.2, -0.15) is 0 Å². The number of rotatable bonds is 17. The second-order valence-electron chi connectivity index (χ2n) is 15.5. The van der Waals surface area contributed by atoms with Crippen molar-refractivity contribution in [3.8, 4) is 0 Å². The van der Waals surface area contributed by atoms with E-state index in [-0.39, 0.29) is 53.7 Å². The van der Waals surface area contributed by atoms with Crippen LogP contribution in [0.2, 0.25) is 0 Å². The van der Waals surface area contributed by atoms with E-state index in [9.17, 15) is 19.7 Å². The summed E-state index contributed by atoms with van der Waals surface area (Å²) in [6.45, 7) is 11.3. The summed E-state index contributed by atoms with van der Waals surface area (Å²) in [7, 11) is -0.532. The van der Waals surface area contributed by atoms with Crippen molar-refractivity contribution in [2.24, 2.45) is 45.7 Å². The molecule has 4 saturated carbocycles. The first kappa shape index (κ1) is 35.6. The third kappa shape index (κ3) is 9.21. The van der Waals surface area contributed by atoms with Gasteiger partial charge in [-0.05, 0) is 74.5 Å². The second-order valence-corrected chi connectivity index (χ2v) is 15.5. The number of nitrogens with one attached hydrogen (secondary N) is 2. The number of hydrogen-bond acceptors (Lipinski definition) is 7. The van der Waals surface area contributed by atoms with Crippen LogP contribution in [-0.2, 0) is 18.9 Å². The van der Waals surface area contributed by atoms with Crippen molar-refractivity contribution in [1.29, 1.82) is 0 Å². The van der Waals surface area contributed by atoms with Crippen molar-refractivity contribution in [3.63, 3.8) is 0 Å². The Hall–Kier alpha value is -2.21. The summed E-state index contributed by atoms with van der Waals surface area (Å²) < 4.78 is 13.3. The standard InChI is InChI=1S/C33H58BN5O6/c1-22(2)18-29(34-44-28-21-25-20-27(32(25,3)4)33(28,5)45-34)37-30(41)24(15-11-17-36-31(35)38-39(42)43)19-26(40)16-10-9-14-23-12-7-6-8-13-23/h22-25,27-29H,6-21H2,1-5H3,(H,37,41)(H3,35,36,38)/t24-,25+,27+,28-,29+,33+/m1/s1. The number of hydrogen-bond donors (Lipinski definition) is 3. The Bertz CT molecular complexity index is 1070. The van der Waals surface area contributed by atoms with E-state index in [1.165, 1.54) is 38.5 Å². The third-order valence-electron chi connectivity index (χ3n) is 11.4. The molecule has 254 valence electrons. The van der Waals surface area contributed by atoms with Crippen LogP contribution < -0.4 is 16.5 Å². The summed E-state index contributed by atoms with van der Waals surface area (Å²) in [4.78, 5) is 41.6. The number of carbonyl (C=O) groups excluding carboxylic acids is 2. The van der Waals surface area contributed by atoms with Crippen LogP contribution in [0, 0.1) is 45.1 Å². The molecule has 4 aliphatic carbocycles. The molecular formula is C33H58BN5O6. The number of aliphatic imine (C=N–C) groups is 1. The zero-order valence-electron chi connectivity index (χ0n) is 28.4. The highest BCUT2D eigenvalue weighted by Crippen LogP contribution is 2.65. The fourth-order valence-corrected chi connectivity index (χ4v) is 8.72. The highest BCUT2D eigenvalue weighted by Gasteiger charge is 2.68. The van der Waals surface area contributed by atoms with Crippen molar-refractivity contribution in [2.45, 2.75) is 149 Å². The molecule has 1 heterocycles. The number of Topliss-reactive ketones (excluding diaryl/α,β-unsaturated/α-hetero) is 1. The lowest BCUT2D eigenvalue weighted by molar-refractivity contribution is -0.525. The fourth-order valence-electron chi connectivity index (χ4n) is 8.72. The Morgan fingerprint density at radius 3 is 2.51 bits per heavy atom. The maximum Gasteiger partial charge on any atom is 0.481 e. The molecule has 5 aliphatic rings. The van der Waals surface area contributed by atoms with E-state index < -0.39 is 18.1 Å². The lowest BCUT2D eigenvalue weighted by atomic mass is 9.43. The number of hydrazine groups is 1. The summed E-state index contributed by atoms with van der Waals surface area (Å²) in [6.07, 6.45) is 14.1. The molecule has 11 nitrogen and oxygen atoms in total. The van der Waals surface area contributed by atoms with Gasteiger partial charge in [0.05, 0.1) is 17.6 Å². The Morgan fingerprint density at radius 1 is 1.11 bits per heavy atom. The minimum absolute atomic E-state index is 0.0212. The topological polar surface area (TPSA) is 158 Å². The predicted molar refractivity (Wildman–Crippen MR) is 176 cm³/mol. The lowest BCUT2D eigenvalue weighted by Crippen LogP contribution is -2.65. The first-order chi connectivity index (χ1) is 21.3. The second kappa shape index (κ2) is 15.6. The van der Waals surface area contributed by atoms with E-state index in [1.54, 1.807) is 0 Å². The normalized spacial score (nSPS) is 29.1. The Balaban J connectivity index is 1.36. The summed E-state index contributed by atoms with van der Waals surface area (Å²) in [5, 5.41) is 13.1. The number of carbonyl (C=O) groups is 2. The first-order valence-corrected chi connectivity index (χ1v) is 17.7. The molecule has 1 aliphatic heterocycles. The number of amides is 1. The lowest BCUT2D eigenvalue weighted by Gasteiger charge is -2.64. The zero-order valence-corrected chi connectivity index (χ0v) is 28.4. The van der Waals surface area contributed by atoms with E-state index in [2.05, 4.69) is 44.9 Å². The largest absolute Gasteiger partial charge is 0.481 e. The first-order valence-electron chi connectivity index (χ1n) is 17.7. The number of nitrogens with zero attached hydrogens (tertiary/aromatic N) is 2. The van der Waals surface area contributed by atoms with Gasteiger partial charge in [-0.3, -0.25) is 9.59 Å². The van der Waals surface area contributed by atoms with Gasteiger partial charge in [-0.1, -0.05) is 78.1 Å². The van der Waals surface area contributed by atoms with Gasteiger partial charge in [0.15, 0.2) is 5.03 Å². The number of ketones is 1. The molecule has 4 N–H and O–H groups in total. The van der Waals surface area contributed by atoms with Crippen molar-refractivity contribution in [3.05, 3.63) is 10.1 Å². The van der Waals surface area contributed by atoms with Crippen LogP contribution in [0.15, 0.2) is 4.99 Å². The van der Waals surface area contributed by atoms with E-state index in [0.717, 1.165) is 31.6 Å². The number of unbranched alkanes of at least 4 members (excludes halogenated alkanes) is 1. The minimum Gasteiger partial charge on any atom is -0.404 e. The van der Waals surface area contributed by atoms with Crippen LogP contribution in [0.4, 0.5) is 0 Å². The average molecular weight is 632 g/mol. The van der Waals surface area contributed by atoms with Gasteiger partial charge in [0.1, 0.15) is 5.78 Å². The molecule has 0 aromatic carbocycles. The van der Waals surface area contributed by atoms with Crippen LogP contribution in [0.1, 0.15) is 131 Å². The molecule has 0 unspecified atom stereocenters. The summed E-state index contributed by atoms with van der Waals surface area (Å²) in [5.41, 5.74) is 7.26. The number of nitrogens with two attached hydrogens (primary N) is 1. The maximum absolute atomic E-state index is 13.9. The molecule has 1 amide bonds. The van der Waals surface area contributed by atoms with Gasteiger partial charge in [0, 0.05) is 25.3 Å². The number of guanidine groups is 1. The molecule has 5 fully saturated rings. The average Bonchev–Trinajstić information content (AvgIpc) is 3.33. The molecule has 2 bridgehead atoms. The monoisotopic (exact) mass is 631 g/mol. The molecule has 6 atom stereocenters. The maximum atomic E-state index is 13.9. The van der Waals surface area contributed by atoms with Crippen LogP contribution in [0.5, 0.6) is 0 Å². The van der Waals surface area contributed by atoms with Crippen LogP contribution >= 0.6 is 0 Å². The van der Waals surface area contributed by atoms with Gasteiger partial charge in [0.2, 0.25) is 5.91 Å². The van der Waals surface area contributed by atoms with E-state index in [4.69, 9.17) is 15.0 Å². The Morgan fingerprint density at radius 2 is 1.84 bits per heavy atom. The quantitative estimate of drug-likeness (QED) is 0.0482. The van der Waals surface area contributed by atoms with Crippen LogP contribution in [0.25, 0.3) is 0 Å². The predicted octanol–water partition coefficient (Wildman–Crippen LogP) is 5.38. The van der Waals surface area contributed by atoms with Gasteiger partial charge < -0.3 is 20.4 Å². The van der Waals surface area contributed by atoms with Gasteiger partial charge >= 0.3 is 7.12 Å². The van der Waals surface area contributed by atoms with E-state index in [1.807, 2.05) is 5.43 Å². The van der Waals surface area contributed by atoms with Crippen LogP contribution in [-0.4, -0.2) is 54.0 Å². The Kier molecular flexibility index (Phi) is 12.3.